The second kappa shape index (κ2) is 5.88. The number of hydrogen-bond acceptors (Lipinski definition) is 3. The van der Waals surface area contributed by atoms with Crippen molar-refractivity contribution in [2.45, 2.75) is 25.3 Å². The minimum atomic E-state index is -0.459. The van der Waals surface area contributed by atoms with Gasteiger partial charge < -0.3 is 16.0 Å². The zero-order valence-electron chi connectivity index (χ0n) is 12.1. The van der Waals surface area contributed by atoms with Crippen LogP contribution in [0.15, 0.2) is 29.1 Å². The number of nitrogens with one attached hydrogen (secondary N) is 2. The molecule has 5 nitrogen and oxygen atoms in total. The Bertz CT molecular complexity index is 772. The number of carbonyl (C=O) groups is 1. The summed E-state index contributed by atoms with van der Waals surface area (Å²) in [5.74, 6) is -0.498. The van der Waals surface area contributed by atoms with Crippen LogP contribution in [0.4, 0.5) is 4.39 Å². The summed E-state index contributed by atoms with van der Waals surface area (Å²) in [6.07, 6.45) is 2.93. The molecule has 0 saturated heterocycles. The van der Waals surface area contributed by atoms with Gasteiger partial charge in [-0.25, -0.2) is 4.39 Å². The van der Waals surface area contributed by atoms with E-state index >= 15 is 0 Å². The molecule has 0 radical (unpaired) electrons. The van der Waals surface area contributed by atoms with Gasteiger partial charge in [-0.2, -0.15) is 0 Å². The van der Waals surface area contributed by atoms with Crippen molar-refractivity contribution >= 4 is 16.8 Å². The number of hydrogen-bond donors (Lipinski definition) is 3. The van der Waals surface area contributed by atoms with Crippen LogP contribution in [0.5, 0.6) is 0 Å². The minimum Gasteiger partial charge on any atom is -0.349 e. The molecule has 1 fully saturated rings. The Balaban J connectivity index is 1.95. The molecule has 1 saturated carbocycles. The average Bonchev–Trinajstić information content (AvgIpc) is 2.93. The van der Waals surface area contributed by atoms with Gasteiger partial charge >= 0.3 is 0 Å². The van der Waals surface area contributed by atoms with Gasteiger partial charge in [-0.1, -0.05) is 6.42 Å². The molecule has 1 aromatic heterocycles. The first kappa shape index (κ1) is 14.7. The zero-order chi connectivity index (χ0) is 15.7. The van der Waals surface area contributed by atoms with E-state index in [1.54, 1.807) is 0 Å². The van der Waals surface area contributed by atoms with Crippen molar-refractivity contribution in [1.29, 1.82) is 0 Å². The van der Waals surface area contributed by atoms with Crippen molar-refractivity contribution in [1.82, 2.24) is 10.3 Å². The largest absolute Gasteiger partial charge is 0.349 e. The van der Waals surface area contributed by atoms with E-state index in [9.17, 15) is 14.0 Å². The monoisotopic (exact) mass is 303 g/mol. The van der Waals surface area contributed by atoms with E-state index in [0.717, 1.165) is 19.3 Å². The van der Waals surface area contributed by atoms with Gasteiger partial charge in [0.05, 0.1) is 11.1 Å². The standard InChI is InChI=1S/C16H18FN3O2/c17-10-4-5-11-12(7-15(21)19-14(11)6-10)16(22)20-13-3-1-2-9(13)8-18/h4-7,9,13H,1-3,8,18H2,(H,19,21)(H,20,22). The summed E-state index contributed by atoms with van der Waals surface area (Å²) < 4.78 is 13.3. The summed E-state index contributed by atoms with van der Waals surface area (Å²) in [5, 5.41) is 3.49. The van der Waals surface area contributed by atoms with Gasteiger partial charge in [0, 0.05) is 17.5 Å². The lowest BCUT2D eigenvalue weighted by molar-refractivity contribution is 0.0930. The van der Waals surface area contributed by atoms with E-state index in [1.807, 2.05) is 0 Å². The third-order valence-electron chi connectivity index (χ3n) is 4.33. The number of pyridine rings is 1. The smallest absolute Gasteiger partial charge is 0.252 e. The Hall–Kier alpha value is -2.21. The predicted molar refractivity (Wildman–Crippen MR) is 82.2 cm³/mol. The first-order valence-corrected chi connectivity index (χ1v) is 7.42. The summed E-state index contributed by atoms with van der Waals surface area (Å²) in [7, 11) is 0. The number of carbonyl (C=O) groups excluding carboxylic acids is 1. The molecule has 4 N–H and O–H groups in total. The predicted octanol–water partition coefficient (Wildman–Crippen LogP) is 1.52. The molecule has 1 aromatic carbocycles. The fourth-order valence-electron chi connectivity index (χ4n) is 3.18. The van der Waals surface area contributed by atoms with Gasteiger partial charge in [0.1, 0.15) is 5.82 Å². The molecule has 22 heavy (non-hydrogen) atoms. The quantitative estimate of drug-likeness (QED) is 0.803. The molecular formula is C16H18FN3O2. The van der Waals surface area contributed by atoms with Crippen molar-refractivity contribution in [2.24, 2.45) is 11.7 Å². The van der Waals surface area contributed by atoms with Crippen LogP contribution in [0.25, 0.3) is 10.9 Å². The van der Waals surface area contributed by atoms with Crippen molar-refractivity contribution < 1.29 is 9.18 Å². The number of fused-ring (bicyclic) bond motifs is 1. The van der Waals surface area contributed by atoms with Gasteiger partial charge in [-0.05, 0) is 43.5 Å². The zero-order valence-corrected chi connectivity index (χ0v) is 12.1. The maximum atomic E-state index is 13.3. The van der Waals surface area contributed by atoms with Crippen LogP contribution >= 0.6 is 0 Å². The maximum Gasteiger partial charge on any atom is 0.252 e. The number of H-pyrrole nitrogens is 1. The molecule has 0 spiro atoms. The molecule has 2 unspecified atom stereocenters. The third-order valence-corrected chi connectivity index (χ3v) is 4.33. The van der Waals surface area contributed by atoms with E-state index in [0.29, 0.717) is 17.4 Å². The number of rotatable bonds is 3. The van der Waals surface area contributed by atoms with Gasteiger partial charge in [0.15, 0.2) is 0 Å². The molecule has 2 atom stereocenters. The Labute approximate surface area is 126 Å². The number of amides is 1. The number of aromatic nitrogens is 1. The number of halogens is 1. The highest BCUT2D eigenvalue weighted by molar-refractivity contribution is 6.06. The lowest BCUT2D eigenvalue weighted by atomic mass is 10.0. The third kappa shape index (κ3) is 2.74. The summed E-state index contributed by atoms with van der Waals surface area (Å²) in [4.78, 5) is 26.8. The Morgan fingerprint density at radius 2 is 2.18 bits per heavy atom. The summed E-state index contributed by atoms with van der Waals surface area (Å²) in [6, 6.07) is 5.28. The molecule has 1 heterocycles. The van der Waals surface area contributed by atoms with Crippen LogP contribution in [0.2, 0.25) is 0 Å². The van der Waals surface area contributed by atoms with Crippen molar-refractivity contribution in [3.63, 3.8) is 0 Å². The van der Waals surface area contributed by atoms with Crippen LogP contribution in [0, 0.1) is 11.7 Å². The Morgan fingerprint density at radius 1 is 1.36 bits per heavy atom. The average molecular weight is 303 g/mol. The Kier molecular flexibility index (Phi) is 3.94. The molecule has 0 aliphatic heterocycles. The molecule has 1 aliphatic carbocycles. The summed E-state index contributed by atoms with van der Waals surface area (Å²) in [6.45, 7) is 0.534. The number of nitrogens with two attached hydrogens (primary N) is 1. The molecule has 3 rings (SSSR count). The number of benzene rings is 1. The SMILES string of the molecule is NCC1CCCC1NC(=O)c1cc(=O)[nH]c2cc(F)ccc12. The van der Waals surface area contributed by atoms with Crippen molar-refractivity contribution in [3.8, 4) is 0 Å². The van der Waals surface area contributed by atoms with Crippen LogP contribution in [0.1, 0.15) is 29.6 Å². The molecule has 6 heteroatoms. The lowest BCUT2D eigenvalue weighted by Crippen LogP contribution is -2.40. The Morgan fingerprint density at radius 3 is 2.95 bits per heavy atom. The van der Waals surface area contributed by atoms with Gasteiger partial charge in [-0.15, -0.1) is 0 Å². The van der Waals surface area contributed by atoms with E-state index in [-0.39, 0.29) is 23.4 Å². The summed E-state index contributed by atoms with van der Waals surface area (Å²) in [5.41, 5.74) is 5.88. The van der Waals surface area contributed by atoms with E-state index in [2.05, 4.69) is 10.3 Å². The molecule has 1 aliphatic rings. The normalized spacial score (nSPS) is 21.2. The summed E-state index contributed by atoms with van der Waals surface area (Å²) >= 11 is 0. The molecule has 0 bridgehead atoms. The van der Waals surface area contributed by atoms with Crippen LogP contribution < -0.4 is 16.6 Å². The van der Waals surface area contributed by atoms with E-state index < -0.39 is 11.4 Å². The topological polar surface area (TPSA) is 88.0 Å². The van der Waals surface area contributed by atoms with E-state index in [4.69, 9.17) is 5.73 Å². The van der Waals surface area contributed by atoms with Gasteiger partial charge in [0.25, 0.3) is 5.91 Å². The second-order valence-electron chi connectivity index (χ2n) is 5.74. The highest BCUT2D eigenvalue weighted by atomic mass is 19.1. The van der Waals surface area contributed by atoms with Crippen LogP contribution in [-0.4, -0.2) is 23.5 Å². The lowest BCUT2D eigenvalue weighted by Gasteiger charge is -2.19. The van der Waals surface area contributed by atoms with Gasteiger partial charge in [-0.3, -0.25) is 9.59 Å². The fourth-order valence-corrected chi connectivity index (χ4v) is 3.18. The van der Waals surface area contributed by atoms with Gasteiger partial charge in [0.2, 0.25) is 5.56 Å². The molecule has 116 valence electrons. The van der Waals surface area contributed by atoms with Crippen molar-refractivity contribution in [3.05, 3.63) is 46.0 Å². The molecule has 1 amide bonds. The minimum absolute atomic E-state index is 0.0345. The van der Waals surface area contributed by atoms with Crippen LogP contribution in [0.3, 0.4) is 0 Å². The highest BCUT2D eigenvalue weighted by Gasteiger charge is 2.28. The first-order chi connectivity index (χ1) is 10.6. The highest BCUT2D eigenvalue weighted by Crippen LogP contribution is 2.25. The van der Waals surface area contributed by atoms with Crippen LogP contribution in [-0.2, 0) is 0 Å². The maximum absolute atomic E-state index is 13.3. The first-order valence-electron chi connectivity index (χ1n) is 7.42. The van der Waals surface area contributed by atoms with Crippen molar-refractivity contribution in [2.75, 3.05) is 6.54 Å². The number of aromatic amines is 1. The van der Waals surface area contributed by atoms with E-state index in [1.165, 1.54) is 24.3 Å². The fraction of sp³-hybridized carbons (Fsp3) is 0.375. The second-order valence-corrected chi connectivity index (χ2v) is 5.74. The molecular weight excluding hydrogens is 285 g/mol. The molecule has 2 aromatic rings.